The molecule has 0 amide bonds. The molecule has 0 spiro atoms. The molecule has 0 aromatic carbocycles. The Labute approximate surface area is 108 Å². The van der Waals surface area contributed by atoms with Crippen LogP contribution >= 0.6 is 0 Å². The summed E-state index contributed by atoms with van der Waals surface area (Å²) in [5, 5.41) is 3.30. The number of ether oxygens (including phenoxy) is 3. The average Bonchev–Trinajstić information content (AvgIpc) is 2.93. The lowest BCUT2D eigenvalue weighted by molar-refractivity contribution is -0.146. The van der Waals surface area contributed by atoms with Crippen molar-refractivity contribution >= 4 is 5.97 Å². The van der Waals surface area contributed by atoms with Gasteiger partial charge in [0.05, 0.1) is 19.8 Å². The topological polar surface area (TPSA) is 56.8 Å². The molecule has 104 valence electrons. The number of hydrogen-bond donors (Lipinski definition) is 1. The van der Waals surface area contributed by atoms with Crippen LogP contribution in [0.15, 0.2) is 0 Å². The second-order valence-corrected chi connectivity index (χ2v) is 5.02. The molecule has 18 heavy (non-hydrogen) atoms. The first-order valence-corrected chi connectivity index (χ1v) is 6.82. The fourth-order valence-corrected chi connectivity index (χ4v) is 2.66. The molecule has 0 aliphatic carbocycles. The van der Waals surface area contributed by atoms with E-state index >= 15 is 0 Å². The highest BCUT2D eigenvalue weighted by atomic mass is 16.5. The van der Waals surface area contributed by atoms with E-state index in [9.17, 15) is 4.79 Å². The van der Waals surface area contributed by atoms with E-state index in [-0.39, 0.29) is 24.0 Å². The quantitative estimate of drug-likeness (QED) is 0.736. The predicted molar refractivity (Wildman–Crippen MR) is 66.3 cm³/mol. The molecule has 0 bridgehead atoms. The number of rotatable bonds is 5. The first kappa shape index (κ1) is 13.8. The maximum atomic E-state index is 11.8. The van der Waals surface area contributed by atoms with Crippen LogP contribution in [-0.2, 0) is 19.0 Å². The van der Waals surface area contributed by atoms with Gasteiger partial charge in [-0.25, -0.2) is 0 Å². The Kier molecular flexibility index (Phi) is 5.41. The summed E-state index contributed by atoms with van der Waals surface area (Å²) in [6.45, 7) is 2.99. The fraction of sp³-hybridized carbons (Fsp3) is 0.923. The van der Waals surface area contributed by atoms with E-state index in [1.54, 1.807) is 0 Å². The maximum Gasteiger partial charge on any atom is 0.323 e. The second-order valence-electron chi connectivity index (χ2n) is 5.02. The second kappa shape index (κ2) is 7.07. The molecule has 0 aromatic rings. The summed E-state index contributed by atoms with van der Waals surface area (Å²) in [5.74, 6) is 0.0242. The number of methoxy groups -OCH3 is 1. The maximum absolute atomic E-state index is 11.8. The molecule has 5 nitrogen and oxygen atoms in total. The Morgan fingerprint density at radius 1 is 1.39 bits per heavy atom. The number of nitrogens with one attached hydrogen (secondary N) is 1. The number of hydrogen-bond acceptors (Lipinski definition) is 5. The van der Waals surface area contributed by atoms with E-state index in [4.69, 9.17) is 14.2 Å². The third-order valence-electron chi connectivity index (χ3n) is 3.71. The Bertz CT molecular complexity index is 260. The predicted octanol–water partition coefficient (Wildman–Crippen LogP) is 0.723. The van der Waals surface area contributed by atoms with E-state index in [1.807, 2.05) is 0 Å². The zero-order chi connectivity index (χ0) is 12.8. The minimum Gasteiger partial charge on any atom is -0.468 e. The van der Waals surface area contributed by atoms with Gasteiger partial charge in [-0.1, -0.05) is 0 Å². The third kappa shape index (κ3) is 3.67. The Morgan fingerprint density at radius 3 is 2.83 bits per heavy atom. The van der Waals surface area contributed by atoms with Gasteiger partial charge in [-0.05, 0) is 25.7 Å². The standard InChI is InChI=1S/C13H23NO4/c1-16-13(15)12(10-4-2-6-17-9-10)14-8-11-5-3-7-18-11/h10-12,14H,2-9H2,1H3. The normalized spacial score (nSPS) is 30.1. The monoisotopic (exact) mass is 257 g/mol. The van der Waals surface area contributed by atoms with Crippen LogP contribution in [0, 0.1) is 5.92 Å². The summed E-state index contributed by atoms with van der Waals surface area (Å²) in [7, 11) is 1.44. The van der Waals surface area contributed by atoms with Crippen LogP contribution in [0.25, 0.3) is 0 Å². The lowest BCUT2D eigenvalue weighted by Crippen LogP contribution is -2.48. The molecule has 2 saturated heterocycles. The molecule has 2 fully saturated rings. The van der Waals surface area contributed by atoms with Crippen LogP contribution in [0.2, 0.25) is 0 Å². The minimum atomic E-state index is -0.264. The molecule has 5 heteroatoms. The van der Waals surface area contributed by atoms with Gasteiger partial charge in [0.15, 0.2) is 0 Å². The van der Waals surface area contributed by atoms with Crippen molar-refractivity contribution < 1.29 is 19.0 Å². The summed E-state index contributed by atoms with van der Waals surface area (Å²) in [6.07, 6.45) is 4.45. The van der Waals surface area contributed by atoms with Gasteiger partial charge < -0.3 is 19.5 Å². The van der Waals surface area contributed by atoms with Gasteiger partial charge in [-0.3, -0.25) is 4.79 Å². The smallest absolute Gasteiger partial charge is 0.323 e. The molecule has 0 saturated carbocycles. The van der Waals surface area contributed by atoms with Gasteiger partial charge in [-0.2, -0.15) is 0 Å². The van der Waals surface area contributed by atoms with Gasteiger partial charge in [-0.15, -0.1) is 0 Å². The molecular formula is C13H23NO4. The minimum absolute atomic E-state index is 0.191. The van der Waals surface area contributed by atoms with Crippen LogP contribution in [0.4, 0.5) is 0 Å². The molecule has 1 N–H and O–H groups in total. The van der Waals surface area contributed by atoms with Gasteiger partial charge in [0.2, 0.25) is 0 Å². The number of esters is 1. The van der Waals surface area contributed by atoms with Gasteiger partial charge in [0.25, 0.3) is 0 Å². The Hall–Kier alpha value is -0.650. The van der Waals surface area contributed by atoms with Crippen molar-refractivity contribution in [1.29, 1.82) is 0 Å². The van der Waals surface area contributed by atoms with Crippen LogP contribution in [0.5, 0.6) is 0 Å². The summed E-state index contributed by atoms with van der Waals surface area (Å²) in [5.41, 5.74) is 0. The fourth-order valence-electron chi connectivity index (χ4n) is 2.66. The number of carbonyl (C=O) groups excluding carboxylic acids is 1. The molecule has 2 aliphatic heterocycles. The third-order valence-corrected chi connectivity index (χ3v) is 3.71. The highest BCUT2D eigenvalue weighted by Gasteiger charge is 2.31. The summed E-state index contributed by atoms with van der Waals surface area (Å²) in [6, 6.07) is -0.264. The van der Waals surface area contributed by atoms with Crippen LogP contribution < -0.4 is 5.32 Å². The van der Waals surface area contributed by atoms with Crippen LogP contribution in [0.3, 0.4) is 0 Å². The molecule has 3 unspecified atom stereocenters. The zero-order valence-electron chi connectivity index (χ0n) is 11.0. The average molecular weight is 257 g/mol. The van der Waals surface area contributed by atoms with Gasteiger partial charge in [0, 0.05) is 25.7 Å². The van der Waals surface area contributed by atoms with E-state index in [0.29, 0.717) is 6.61 Å². The molecule has 0 radical (unpaired) electrons. The van der Waals surface area contributed by atoms with Gasteiger partial charge >= 0.3 is 5.97 Å². The lowest BCUT2D eigenvalue weighted by Gasteiger charge is -2.29. The van der Waals surface area contributed by atoms with Crippen LogP contribution in [-0.4, -0.2) is 51.6 Å². The largest absolute Gasteiger partial charge is 0.468 e. The summed E-state index contributed by atoms with van der Waals surface area (Å²) >= 11 is 0. The van der Waals surface area contributed by atoms with Crippen molar-refractivity contribution in [3.8, 4) is 0 Å². The first-order chi connectivity index (χ1) is 8.81. The van der Waals surface area contributed by atoms with Crippen molar-refractivity contribution in [2.24, 2.45) is 5.92 Å². The van der Waals surface area contributed by atoms with E-state index < -0.39 is 0 Å². The van der Waals surface area contributed by atoms with Crippen molar-refractivity contribution in [2.75, 3.05) is 33.5 Å². The van der Waals surface area contributed by atoms with E-state index in [0.717, 1.165) is 45.4 Å². The highest BCUT2D eigenvalue weighted by molar-refractivity contribution is 5.76. The Balaban J connectivity index is 1.84. The lowest BCUT2D eigenvalue weighted by atomic mass is 9.93. The highest BCUT2D eigenvalue weighted by Crippen LogP contribution is 2.19. The van der Waals surface area contributed by atoms with E-state index in [1.165, 1.54) is 7.11 Å². The molecule has 3 atom stereocenters. The molecular weight excluding hydrogens is 234 g/mol. The SMILES string of the molecule is COC(=O)C(NCC1CCCO1)C1CCCOC1. The number of carbonyl (C=O) groups is 1. The van der Waals surface area contributed by atoms with Crippen LogP contribution in [0.1, 0.15) is 25.7 Å². The Morgan fingerprint density at radius 2 is 2.22 bits per heavy atom. The first-order valence-electron chi connectivity index (χ1n) is 6.82. The van der Waals surface area contributed by atoms with Gasteiger partial charge in [0.1, 0.15) is 6.04 Å². The molecule has 2 aliphatic rings. The molecule has 2 heterocycles. The van der Waals surface area contributed by atoms with Crippen molar-refractivity contribution in [1.82, 2.24) is 5.32 Å². The zero-order valence-corrected chi connectivity index (χ0v) is 11.0. The molecule has 2 rings (SSSR count). The van der Waals surface area contributed by atoms with Crippen molar-refractivity contribution in [3.63, 3.8) is 0 Å². The summed E-state index contributed by atoms with van der Waals surface area (Å²) < 4.78 is 15.9. The molecule has 0 aromatic heterocycles. The summed E-state index contributed by atoms with van der Waals surface area (Å²) in [4.78, 5) is 11.8. The van der Waals surface area contributed by atoms with E-state index in [2.05, 4.69) is 5.32 Å². The van der Waals surface area contributed by atoms with Crippen molar-refractivity contribution in [2.45, 2.75) is 37.8 Å². The van der Waals surface area contributed by atoms with Crippen molar-refractivity contribution in [3.05, 3.63) is 0 Å².